The maximum atomic E-state index is 11.0. The van der Waals surface area contributed by atoms with Crippen molar-refractivity contribution in [1.82, 2.24) is 10.2 Å². The minimum Gasteiger partial charge on any atom is -0.478 e. The van der Waals surface area contributed by atoms with E-state index >= 15 is 0 Å². The Hall–Kier alpha value is -0.810. The first-order valence-corrected chi connectivity index (χ1v) is 5.51. The predicted molar refractivity (Wildman–Crippen MR) is 76.0 cm³/mol. The highest BCUT2D eigenvalue weighted by atomic mass is 35.5. The summed E-state index contributed by atoms with van der Waals surface area (Å²) in [4.78, 5) is 13.3. The lowest BCUT2D eigenvalue weighted by Gasteiger charge is -2.27. The predicted octanol–water partition coefficient (Wildman–Crippen LogP) is 1.63. The highest BCUT2D eigenvalue weighted by Crippen LogP contribution is 2.12. The van der Waals surface area contributed by atoms with Crippen LogP contribution in [0, 0.1) is 0 Å². The standard InChI is InChI=1S/C12H16N2O2.2ClH/c15-12(16)11-4-2-1-3-10(11)9-14-7-5-13-6-8-14;;/h1-4,13H,5-9H2,(H,15,16);2*1H. The third-order valence-corrected chi connectivity index (χ3v) is 2.85. The Morgan fingerprint density at radius 2 is 1.83 bits per heavy atom. The number of carbonyl (C=O) groups is 1. The summed E-state index contributed by atoms with van der Waals surface area (Å²) in [5, 5.41) is 12.3. The molecule has 0 radical (unpaired) electrons. The minimum atomic E-state index is -0.842. The van der Waals surface area contributed by atoms with Crippen molar-refractivity contribution < 1.29 is 9.90 Å². The van der Waals surface area contributed by atoms with E-state index in [0.717, 1.165) is 38.3 Å². The van der Waals surface area contributed by atoms with Gasteiger partial charge in [0.2, 0.25) is 0 Å². The fraction of sp³-hybridized carbons (Fsp3) is 0.417. The molecule has 1 aromatic carbocycles. The molecule has 0 aromatic heterocycles. The summed E-state index contributed by atoms with van der Waals surface area (Å²) >= 11 is 0. The zero-order chi connectivity index (χ0) is 11.4. The van der Waals surface area contributed by atoms with Crippen LogP contribution in [0.1, 0.15) is 15.9 Å². The van der Waals surface area contributed by atoms with Gasteiger partial charge in [-0.2, -0.15) is 0 Å². The highest BCUT2D eigenvalue weighted by molar-refractivity contribution is 5.89. The van der Waals surface area contributed by atoms with Crippen LogP contribution in [-0.2, 0) is 6.54 Å². The van der Waals surface area contributed by atoms with E-state index in [2.05, 4.69) is 10.2 Å². The Morgan fingerprint density at radius 1 is 1.22 bits per heavy atom. The van der Waals surface area contributed by atoms with Gasteiger partial charge < -0.3 is 10.4 Å². The summed E-state index contributed by atoms with van der Waals surface area (Å²) in [6.07, 6.45) is 0. The van der Waals surface area contributed by atoms with Gasteiger partial charge in [0.25, 0.3) is 0 Å². The summed E-state index contributed by atoms with van der Waals surface area (Å²) in [5.41, 5.74) is 1.32. The van der Waals surface area contributed by atoms with Gasteiger partial charge in [-0.3, -0.25) is 4.90 Å². The molecule has 0 saturated carbocycles. The Kier molecular flexibility index (Phi) is 7.95. The first-order chi connectivity index (χ1) is 7.77. The molecule has 2 rings (SSSR count). The molecule has 0 spiro atoms. The van der Waals surface area contributed by atoms with E-state index in [-0.39, 0.29) is 24.8 Å². The van der Waals surface area contributed by atoms with Crippen LogP contribution in [0.15, 0.2) is 24.3 Å². The van der Waals surface area contributed by atoms with Crippen molar-refractivity contribution in [2.75, 3.05) is 26.2 Å². The van der Waals surface area contributed by atoms with Crippen LogP contribution in [-0.4, -0.2) is 42.2 Å². The van der Waals surface area contributed by atoms with E-state index in [9.17, 15) is 4.79 Å². The number of aromatic carboxylic acids is 1. The molecule has 1 aromatic rings. The molecule has 0 bridgehead atoms. The molecule has 0 aliphatic carbocycles. The number of hydrogen-bond acceptors (Lipinski definition) is 3. The number of nitrogens with zero attached hydrogens (tertiary/aromatic N) is 1. The lowest BCUT2D eigenvalue weighted by Crippen LogP contribution is -2.43. The van der Waals surface area contributed by atoms with Crippen molar-refractivity contribution in [2.24, 2.45) is 0 Å². The number of piperazine rings is 1. The summed E-state index contributed by atoms with van der Waals surface area (Å²) in [5.74, 6) is -0.842. The van der Waals surface area contributed by atoms with Crippen LogP contribution in [0.5, 0.6) is 0 Å². The monoisotopic (exact) mass is 292 g/mol. The number of benzene rings is 1. The average molecular weight is 293 g/mol. The second-order valence-corrected chi connectivity index (χ2v) is 3.99. The quantitative estimate of drug-likeness (QED) is 0.889. The number of nitrogens with one attached hydrogen (secondary N) is 1. The highest BCUT2D eigenvalue weighted by Gasteiger charge is 2.14. The summed E-state index contributed by atoms with van der Waals surface area (Å²) in [6.45, 7) is 4.65. The van der Waals surface area contributed by atoms with E-state index in [1.54, 1.807) is 12.1 Å². The largest absolute Gasteiger partial charge is 0.478 e. The first-order valence-electron chi connectivity index (χ1n) is 5.51. The molecule has 4 nitrogen and oxygen atoms in total. The molecule has 2 N–H and O–H groups in total. The molecular formula is C12H18Cl2N2O2. The van der Waals surface area contributed by atoms with Crippen molar-refractivity contribution in [2.45, 2.75) is 6.54 Å². The van der Waals surface area contributed by atoms with E-state index in [0.29, 0.717) is 5.56 Å². The van der Waals surface area contributed by atoms with E-state index < -0.39 is 5.97 Å². The molecule has 6 heteroatoms. The number of carboxylic acids is 1. The van der Waals surface area contributed by atoms with Gasteiger partial charge in [0.05, 0.1) is 5.56 Å². The summed E-state index contributed by atoms with van der Waals surface area (Å²) in [7, 11) is 0. The Morgan fingerprint density at radius 3 is 2.44 bits per heavy atom. The van der Waals surface area contributed by atoms with Gasteiger partial charge in [-0.1, -0.05) is 18.2 Å². The summed E-state index contributed by atoms with van der Waals surface area (Å²) in [6, 6.07) is 7.22. The van der Waals surface area contributed by atoms with Crippen LogP contribution in [0.3, 0.4) is 0 Å². The van der Waals surface area contributed by atoms with Gasteiger partial charge in [0.15, 0.2) is 0 Å². The molecule has 18 heavy (non-hydrogen) atoms. The fourth-order valence-electron chi connectivity index (χ4n) is 1.98. The van der Waals surface area contributed by atoms with Gasteiger partial charge >= 0.3 is 5.97 Å². The fourth-order valence-corrected chi connectivity index (χ4v) is 1.98. The lowest BCUT2D eigenvalue weighted by atomic mass is 10.1. The van der Waals surface area contributed by atoms with Crippen LogP contribution in [0.25, 0.3) is 0 Å². The third-order valence-electron chi connectivity index (χ3n) is 2.85. The van der Waals surface area contributed by atoms with Crippen LogP contribution >= 0.6 is 24.8 Å². The normalized spacial score (nSPS) is 15.3. The summed E-state index contributed by atoms with van der Waals surface area (Å²) < 4.78 is 0. The molecule has 0 atom stereocenters. The van der Waals surface area contributed by atoms with Crippen molar-refractivity contribution in [3.05, 3.63) is 35.4 Å². The Balaban J connectivity index is 0.00000144. The van der Waals surface area contributed by atoms with Crippen molar-refractivity contribution >= 4 is 30.8 Å². The van der Waals surface area contributed by atoms with E-state index in [1.807, 2.05) is 12.1 Å². The number of halogens is 2. The van der Waals surface area contributed by atoms with Crippen LogP contribution < -0.4 is 5.32 Å². The third kappa shape index (κ3) is 4.46. The molecule has 0 unspecified atom stereocenters. The molecule has 1 fully saturated rings. The molecule has 102 valence electrons. The van der Waals surface area contributed by atoms with Gasteiger partial charge in [-0.15, -0.1) is 24.8 Å². The van der Waals surface area contributed by atoms with Gasteiger partial charge in [0.1, 0.15) is 0 Å². The van der Waals surface area contributed by atoms with Crippen molar-refractivity contribution in [3.8, 4) is 0 Å². The van der Waals surface area contributed by atoms with E-state index in [4.69, 9.17) is 5.11 Å². The molecule has 0 amide bonds. The Bertz CT molecular complexity index is 382. The molecule has 1 aliphatic heterocycles. The molecule has 1 heterocycles. The van der Waals surface area contributed by atoms with Crippen LogP contribution in [0.2, 0.25) is 0 Å². The second-order valence-electron chi connectivity index (χ2n) is 3.99. The van der Waals surface area contributed by atoms with Crippen LogP contribution in [0.4, 0.5) is 0 Å². The van der Waals surface area contributed by atoms with Gasteiger partial charge in [-0.05, 0) is 11.6 Å². The molecule has 1 saturated heterocycles. The smallest absolute Gasteiger partial charge is 0.336 e. The number of rotatable bonds is 3. The topological polar surface area (TPSA) is 52.6 Å². The van der Waals surface area contributed by atoms with E-state index in [1.165, 1.54) is 0 Å². The van der Waals surface area contributed by atoms with Crippen molar-refractivity contribution in [3.63, 3.8) is 0 Å². The first kappa shape index (κ1) is 17.2. The average Bonchev–Trinajstić information content (AvgIpc) is 2.31. The zero-order valence-electron chi connectivity index (χ0n) is 9.96. The molecule has 1 aliphatic rings. The minimum absolute atomic E-state index is 0. The molecular weight excluding hydrogens is 275 g/mol. The SMILES string of the molecule is Cl.Cl.O=C(O)c1ccccc1CN1CCNCC1. The van der Waals surface area contributed by atoms with Gasteiger partial charge in [-0.25, -0.2) is 4.79 Å². The zero-order valence-corrected chi connectivity index (χ0v) is 11.6. The van der Waals surface area contributed by atoms with Crippen molar-refractivity contribution in [1.29, 1.82) is 0 Å². The van der Waals surface area contributed by atoms with Gasteiger partial charge in [0, 0.05) is 32.7 Å². The number of carboxylic acid groups (broad SMARTS) is 1. The lowest BCUT2D eigenvalue weighted by molar-refractivity contribution is 0.0694. The number of hydrogen-bond donors (Lipinski definition) is 2. The Labute approximate surface area is 119 Å². The maximum absolute atomic E-state index is 11.0. The maximum Gasteiger partial charge on any atom is 0.336 e. The second kappa shape index (κ2) is 8.32.